The summed E-state index contributed by atoms with van der Waals surface area (Å²) in [5.41, 5.74) is 2.69. The van der Waals surface area contributed by atoms with Crippen LogP contribution in [0.1, 0.15) is 15.9 Å². The van der Waals surface area contributed by atoms with Crippen molar-refractivity contribution in [3.63, 3.8) is 0 Å². The molecular weight excluding hydrogens is 276 g/mol. The molecule has 1 heterocycles. The van der Waals surface area contributed by atoms with Crippen LogP contribution < -0.4 is 10.1 Å². The average Bonchev–Trinajstić information content (AvgIpc) is 2.90. The number of para-hydroxylation sites is 2. The number of carbonyl (C=O) groups excluding carboxylic acids is 1. The monoisotopic (exact) mass is 294 g/mol. The number of fused-ring (bicyclic) bond motifs is 1. The van der Waals surface area contributed by atoms with Gasteiger partial charge in [-0.2, -0.15) is 0 Å². The molecular formula is C18H18N2O2. The molecule has 22 heavy (non-hydrogen) atoms. The van der Waals surface area contributed by atoms with Crippen LogP contribution in [0.25, 0.3) is 10.9 Å². The van der Waals surface area contributed by atoms with E-state index in [1.807, 2.05) is 66.3 Å². The number of nitrogens with one attached hydrogen (secondary N) is 1. The van der Waals surface area contributed by atoms with Crippen molar-refractivity contribution in [3.05, 3.63) is 65.9 Å². The Morgan fingerprint density at radius 2 is 1.86 bits per heavy atom. The Labute approximate surface area is 129 Å². The van der Waals surface area contributed by atoms with Crippen molar-refractivity contribution < 1.29 is 9.53 Å². The molecule has 0 aliphatic heterocycles. The van der Waals surface area contributed by atoms with E-state index in [2.05, 4.69) is 5.32 Å². The maximum absolute atomic E-state index is 12.5. The predicted octanol–water partition coefficient (Wildman–Crippen LogP) is 3.12. The molecule has 0 saturated carbocycles. The Kier molecular flexibility index (Phi) is 3.83. The molecule has 4 nitrogen and oxygen atoms in total. The van der Waals surface area contributed by atoms with E-state index in [1.165, 1.54) is 0 Å². The Morgan fingerprint density at radius 1 is 1.14 bits per heavy atom. The highest BCUT2D eigenvalue weighted by molar-refractivity contribution is 6.06. The molecule has 0 aliphatic rings. The van der Waals surface area contributed by atoms with Crippen LogP contribution in [0.4, 0.5) is 0 Å². The molecule has 0 fully saturated rings. The van der Waals surface area contributed by atoms with E-state index in [1.54, 1.807) is 7.11 Å². The minimum atomic E-state index is -0.0808. The van der Waals surface area contributed by atoms with Crippen LogP contribution in [0.5, 0.6) is 5.75 Å². The summed E-state index contributed by atoms with van der Waals surface area (Å²) in [6, 6.07) is 15.6. The summed E-state index contributed by atoms with van der Waals surface area (Å²) in [6.45, 7) is 0.437. The van der Waals surface area contributed by atoms with E-state index in [0.717, 1.165) is 22.2 Å². The van der Waals surface area contributed by atoms with Crippen LogP contribution >= 0.6 is 0 Å². The maximum atomic E-state index is 12.5. The third-order valence-corrected chi connectivity index (χ3v) is 3.77. The second kappa shape index (κ2) is 5.93. The number of amides is 1. The Morgan fingerprint density at radius 3 is 2.68 bits per heavy atom. The largest absolute Gasteiger partial charge is 0.496 e. The van der Waals surface area contributed by atoms with E-state index in [4.69, 9.17) is 4.74 Å². The first-order chi connectivity index (χ1) is 10.7. The summed E-state index contributed by atoms with van der Waals surface area (Å²) in [5, 5.41) is 3.92. The quantitative estimate of drug-likeness (QED) is 0.803. The first-order valence-corrected chi connectivity index (χ1v) is 7.15. The molecule has 0 bridgehead atoms. The summed E-state index contributed by atoms with van der Waals surface area (Å²) < 4.78 is 7.27. The fourth-order valence-corrected chi connectivity index (χ4v) is 2.64. The number of ether oxygens (including phenoxy) is 1. The first kappa shape index (κ1) is 14.2. The molecule has 0 atom stereocenters. The van der Waals surface area contributed by atoms with E-state index in [9.17, 15) is 4.79 Å². The SMILES string of the molecule is COc1ccccc1CNC(=O)c1cn(C)c2ccccc12. The zero-order valence-corrected chi connectivity index (χ0v) is 12.7. The van der Waals surface area contributed by atoms with Gasteiger partial charge in [-0.25, -0.2) is 0 Å². The summed E-state index contributed by atoms with van der Waals surface area (Å²) in [6.07, 6.45) is 1.86. The van der Waals surface area contributed by atoms with Gasteiger partial charge in [-0.1, -0.05) is 36.4 Å². The van der Waals surface area contributed by atoms with Crippen molar-refractivity contribution in [3.8, 4) is 5.75 Å². The van der Waals surface area contributed by atoms with Gasteiger partial charge in [0.05, 0.1) is 12.7 Å². The van der Waals surface area contributed by atoms with Gasteiger partial charge in [0.15, 0.2) is 0 Å². The summed E-state index contributed by atoms with van der Waals surface area (Å²) in [4.78, 5) is 12.5. The molecule has 0 unspecified atom stereocenters. The number of rotatable bonds is 4. The molecule has 112 valence electrons. The summed E-state index contributed by atoms with van der Waals surface area (Å²) in [7, 11) is 3.57. The van der Waals surface area contributed by atoms with Crippen LogP contribution in [0.15, 0.2) is 54.7 Å². The standard InChI is InChI=1S/C18H18N2O2/c1-20-12-15(14-8-4-5-9-16(14)20)18(21)19-11-13-7-3-6-10-17(13)22-2/h3-10,12H,11H2,1-2H3,(H,19,21). The molecule has 2 aromatic carbocycles. The highest BCUT2D eigenvalue weighted by atomic mass is 16.5. The minimum Gasteiger partial charge on any atom is -0.496 e. The number of benzene rings is 2. The Hall–Kier alpha value is -2.75. The second-order valence-corrected chi connectivity index (χ2v) is 5.17. The van der Waals surface area contributed by atoms with Gasteiger partial charge in [-0.05, 0) is 12.1 Å². The number of hydrogen-bond acceptors (Lipinski definition) is 2. The zero-order chi connectivity index (χ0) is 15.5. The van der Waals surface area contributed by atoms with Gasteiger partial charge in [0.1, 0.15) is 5.75 Å². The van der Waals surface area contributed by atoms with Crippen molar-refractivity contribution in [2.24, 2.45) is 7.05 Å². The third-order valence-electron chi connectivity index (χ3n) is 3.77. The molecule has 4 heteroatoms. The fraction of sp³-hybridized carbons (Fsp3) is 0.167. The van der Waals surface area contributed by atoms with Crippen molar-refractivity contribution >= 4 is 16.8 Å². The molecule has 0 aliphatic carbocycles. The Bertz CT molecular complexity index is 821. The van der Waals surface area contributed by atoms with Gasteiger partial charge >= 0.3 is 0 Å². The lowest BCUT2D eigenvalue weighted by Gasteiger charge is -2.09. The smallest absolute Gasteiger partial charge is 0.253 e. The summed E-state index contributed by atoms with van der Waals surface area (Å²) >= 11 is 0. The molecule has 1 amide bonds. The lowest BCUT2D eigenvalue weighted by molar-refractivity contribution is 0.0952. The lowest BCUT2D eigenvalue weighted by atomic mass is 10.1. The molecule has 3 aromatic rings. The number of hydrogen-bond donors (Lipinski definition) is 1. The molecule has 3 rings (SSSR count). The van der Waals surface area contributed by atoms with Crippen molar-refractivity contribution in [2.45, 2.75) is 6.54 Å². The van der Waals surface area contributed by atoms with E-state index in [0.29, 0.717) is 12.1 Å². The van der Waals surface area contributed by atoms with Crippen LogP contribution in [0.3, 0.4) is 0 Å². The van der Waals surface area contributed by atoms with E-state index < -0.39 is 0 Å². The highest BCUT2D eigenvalue weighted by Crippen LogP contribution is 2.21. The van der Waals surface area contributed by atoms with Gasteiger partial charge in [0.25, 0.3) is 5.91 Å². The van der Waals surface area contributed by atoms with Crippen LogP contribution in [0.2, 0.25) is 0 Å². The predicted molar refractivity (Wildman–Crippen MR) is 87.1 cm³/mol. The lowest BCUT2D eigenvalue weighted by Crippen LogP contribution is -2.22. The highest BCUT2D eigenvalue weighted by Gasteiger charge is 2.13. The van der Waals surface area contributed by atoms with Crippen LogP contribution in [-0.2, 0) is 13.6 Å². The van der Waals surface area contributed by atoms with Crippen molar-refractivity contribution in [1.82, 2.24) is 9.88 Å². The normalized spacial score (nSPS) is 10.6. The number of carbonyl (C=O) groups is 1. The maximum Gasteiger partial charge on any atom is 0.253 e. The van der Waals surface area contributed by atoms with Crippen molar-refractivity contribution in [2.75, 3.05) is 7.11 Å². The third kappa shape index (κ3) is 2.55. The van der Waals surface area contributed by atoms with E-state index >= 15 is 0 Å². The fourth-order valence-electron chi connectivity index (χ4n) is 2.64. The first-order valence-electron chi connectivity index (χ1n) is 7.15. The minimum absolute atomic E-state index is 0.0808. The van der Waals surface area contributed by atoms with Crippen LogP contribution in [-0.4, -0.2) is 17.6 Å². The van der Waals surface area contributed by atoms with Crippen molar-refractivity contribution in [1.29, 1.82) is 0 Å². The van der Waals surface area contributed by atoms with Crippen LogP contribution in [0, 0.1) is 0 Å². The molecule has 1 N–H and O–H groups in total. The van der Waals surface area contributed by atoms with E-state index in [-0.39, 0.29) is 5.91 Å². The van der Waals surface area contributed by atoms with Gasteiger partial charge in [0, 0.05) is 36.3 Å². The van der Waals surface area contributed by atoms with Gasteiger partial charge in [0.2, 0.25) is 0 Å². The van der Waals surface area contributed by atoms with Gasteiger partial charge in [-0.15, -0.1) is 0 Å². The second-order valence-electron chi connectivity index (χ2n) is 5.17. The number of nitrogens with zero attached hydrogens (tertiary/aromatic N) is 1. The zero-order valence-electron chi connectivity index (χ0n) is 12.7. The molecule has 0 saturated heterocycles. The number of aryl methyl sites for hydroxylation is 1. The summed E-state index contributed by atoms with van der Waals surface area (Å²) in [5.74, 6) is 0.698. The van der Waals surface area contributed by atoms with Gasteiger partial charge < -0.3 is 14.6 Å². The topological polar surface area (TPSA) is 43.3 Å². The molecule has 1 aromatic heterocycles. The number of aromatic nitrogens is 1. The molecule has 0 radical (unpaired) electrons. The molecule has 0 spiro atoms. The number of methoxy groups -OCH3 is 1. The van der Waals surface area contributed by atoms with Gasteiger partial charge in [-0.3, -0.25) is 4.79 Å². The Balaban J connectivity index is 1.82. The average molecular weight is 294 g/mol.